The Kier molecular flexibility index (Phi) is 6.05. The van der Waals surface area contributed by atoms with Crippen molar-refractivity contribution in [1.82, 2.24) is 4.98 Å². The van der Waals surface area contributed by atoms with E-state index in [9.17, 15) is 4.79 Å². The van der Waals surface area contributed by atoms with Crippen LogP contribution in [0.1, 0.15) is 57.4 Å². The Morgan fingerprint density at radius 2 is 2.08 bits per heavy atom. The molecule has 132 valence electrons. The van der Waals surface area contributed by atoms with E-state index in [1.807, 2.05) is 13.8 Å². The van der Waals surface area contributed by atoms with Crippen molar-refractivity contribution in [3.63, 3.8) is 0 Å². The quantitative estimate of drug-likeness (QED) is 0.839. The van der Waals surface area contributed by atoms with Gasteiger partial charge < -0.3 is 14.5 Å². The number of aromatic nitrogens is 1. The van der Waals surface area contributed by atoms with Crippen LogP contribution in [0.3, 0.4) is 0 Å². The molecule has 1 aromatic heterocycles. The van der Waals surface area contributed by atoms with Gasteiger partial charge in [-0.05, 0) is 30.4 Å². The van der Waals surface area contributed by atoms with Crippen LogP contribution in [0.5, 0.6) is 0 Å². The molecule has 3 rings (SSSR count). The fourth-order valence-corrected chi connectivity index (χ4v) is 3.55. The fraction of sp³-hybridized carbons (Fsp3) is 0.550. The number of fused-ring (bicyclic) bond motifs is 3. The average Bonchev–Trinajstić information content (AvgIpc) is 3.03. The summed E-state index contributed by atoms with van der Waals surface area (Å²) in [7, 11) is 1.43. The van der Waals surface area contributed by atoms with Crippen molar-refractivity contribution in [2.24, 2.45) is 0 Å². The van der Waals surface area contributed by atoms with E-state index >= 15 is 0 Å². The van der Waals surface area contributed by atoms with Gasteiger partial charge >= 0.3 is 5.97 Å². The summed E-state index contributed by atoms with van der Waals surface area (Å²) in [6.07, 6.45) is 2.85. The second-order valence-electron chi connectivity index (χ2n) is 5.87. The van der Waals surface area contributed by atoms with Crippen molar-refractivity contribution in [2.75, 3.05) is 13.7 Å². The lowest BCUT2D eigenvalue weighted by molar-refractivity contribution is -0.152. The number of hydrogen-bond donors (Lipinski definition) is 1. The number of carbonyl (C=O) groups is 1. The molecule has 0 aliphatic carbocycles. The fourth-order valence-electron chi connectivity index (χ4n) is 3.55. The molecule has 1 N–H and O–H groups in total. The third kappa shape index (κ3) is 3.07. The molecule has 1 aromatic carbocycles. The molecule has 2 aromatic rings. The van der Waals surface area contributed by atoms with Crippen LogP contribution in [0.25, 0.3) is 10.9 Å². The van der Waals surface area contributed by atoms with Gasteiger partial charge in [0.05, 0.1) is 25.8 Å². The Balaban J connectivity index is 0.00000100. The van der Waals surface area contributed by atoms with Crippen LogP contribution in [-0.2, 0) is 32.7 Å². The monoisotopic (exact) mass is 331 g/mol. The summed E-state index contributed by atoms with van der Waals surface area (Å²) < 4.78 is 11.0. The van der Waals surface area contributed by atoms with Crippen molar-refractivity contribution in [3.8, 4) is 0 Å². The van der Waals surface area contributed by atoms with E-state index in [2.05, 4.69) is 37.0 Å². The van der Waals surface area contributed by atoms with Crippen molar-refractivity contribution in [3.05, 3.63) is 35.0 Å². The first-order valence-electron chi connectivity index (χ1n) is 8.99. The third-order valence-electron chi connectivity index (χ3n) is 4.82. The molecule has 4 nitrogen and oxygen atoms in total. The Hall–Kier alpha value is -1.81. The Morgan fingerprint density at radius 3 is 2.71 bits per heavy atom. The topological polar surface area (TPSA) is 51.3 Å². The highest BCUT2D eigenvalue weighted by atomic mass is 16.5. The van der Waals surface area contributed by atoms with E-state index in [4.69, 9.17) is 9.47 Å². The minimum atomic E-state index is -0.593. The predicted molar refractivity (Wildman–Crippen MR) is 97.3 cm³/mol. The van der Waals surface area contributed by atoms with Crippen LogP contribution in [0.15, 0.2) is 18.2 Å². The van der Waals surface area contributed by atoms with Crippen LogP contribution >= 0.6 is 0 Å². The molecule has 1 unspecified atom stereocenters. The molecule has 0 amide bonds. The molecule has 4 heteroatoms. The van der Waals surface area contributed by atoms with Gasteiger partial charge in [-0.25, -0.2) is 0 Å². The van der Waals surface area contributed by atoms with Gasteiger partial charge in [-0.1, -0.05) is 45.9 Å². The lowest BCUT2D eigenvalue weighted by Gasteiger charge is -2.35. The maximum absolute atomic E-state index is 11.9. The Morgan fingerprint density at radius 1 is 1.33 bits per heavy atom. The SMILES string of the molecule is CC.CCc1cccc2c3c([nH]c12)C(CC)(CC(=O)OC)OCC3. The number of rotatable bonds is 4. The molecule has 0 fully saturated rings. The number of para-hydroxylation sites is 1. The first-order valence-corrected chi connectivity index (χ1v) is 8.99. The molecule has 1 aliphatic rings. The molecular weight excluding hydrogens is 302 g/mol. The van der Waals surface area contributed by atoms with Crippen LogP contribution in [-0.4, -0.2) is 24.7 Å². The number of aromatic amines is 1. The number of benzene rings is 1. The number of aryl methyl sites for hydroxylation is 1. The number of esters is 1. The summed E-state index contributed by atoms with van der Waals surface area (Å²) in [5, 5.41) is 1.26. The molecule has 0 spiro atoms. The van der Waals surface area contributed by atoms with Gasteiger partial charge in [0.25, 0.3) is 0 Å². The summed E-state index contributed by atoms with van der Waals surface area (Å²) in [5.74, 6) is -0.232. The van der Waals surface area contributed by atoms with E-state index in [0.717, 1.165) is 25.0 Å². The Bertz CT molecular complexity index is 704. The highest BCUT2D eigenvalue weighted by molar-refractivity contribution is 5.88. The summed E-state index contributed by atoms with van der Waals surface area (Å²) >= 11 is 0. The maximum atomic E-state index is 11.9. The zero-order valence-corrected chi connectivity index (χ0v) is 15.5. The van der Waals surface area contributed by atoms with E-state index in [0.29, 0.717) is 6.61 Å². The number of carbonyl (C=O) groups excluding carboxylic acids is 1. The van der Waals surface area contributed by atoms with Gasteiger partial charge in [0.2, 0.25) is 0 Å². The highest BCUT2D eigenvalue weighted by Crippen LogP contribution is 2.42. The van der Waals surface area contributed by atoms with Gasteiger partial charge in [-0.15, -0.1) is 0 Å². The Labute approximate surface area is 144 Å². The van der Waals surface area contributed by atoms with E-state index in [1.165, 1.54) is 29.1 Å². The number of H-pyrrole nitrogens is 1. The largest absolute Gasteiger partial charge is 0.469 e. The molecule has 0 saturated carbocycles. The number of methoxy groups -OCH3 is 1. The third-order valence-corrected chi connectivity index (χ3v) is 4.82. The zero-order chi connectivity index (χ0) is 17.7. The molecule has 24 heavy (non-hydrogen) atoms. The summed E-state index contributed by atoms with van der Waals surface area (Å²) in [6.45, 7) is 8.86. The average molecular weight is 331 g/mol. The van der Waals surface area contributed by atoms with E-state index < -0.39 is 5.60 Å². The minimum Gasteiger partial charge on any atom is -0.469 e. The maximum Gasteiger partial charge on any atom is 0.308 e. The zero-order valence-electron chi connectivity index (χ0n) is 15.5. The molecule has 1 atom stereocenters. The lowest BCUT2D eigenvalue weighted by Crippen LogP contribution is -2.37. The molecule has 0 saturated heterocycles. The highest BCUT2D eigenvalue weighted by Gasteiger charge is 2.41. The van der Waals surface area contributed by atoms with Gasteiger partial charge in [0.15, 0.2) is 0 Å². The van der Waals surface area contributed by atoms with Crippen molar-refractivity contribution in [2.45, 2.75) is 59.0 Å². The summed E-state index contributed by atoms with van der Waals surface area (Å²) in [4.78, 5) is 15.5. The second kappa shape index (κ2) is 7.84. The number of hydrogen-bond acceptors (Lipinski definition) is 3. The van der Waals surface area contributed by atoms with Crippen LogP contribution < -0.4 is 0 Å². The molecule has 0 bridgehead atoms. The van der Waals surface area contributed by atoms with Crippen molar-refractivity contribution < 1.29 is 14.3 Å². The molecule has 2 heterocycles. The number of nitrogens with one attached hydrogen (secondary N) is 1. The second-order valence-corrected chi connectivity index (χ2v) is 5.87. The van der Waals surface area contributed by atoms with E-state index in [-0.39, 0.29) is 12.4 Å². The van der Waals surface area contributed by atoms with Crippen LogP contribution in [0.4, 0.5) is 0 Å². The first-order chi connectivity index (χ1) is 11.6. The van der Waals surface area contributed by atoms with Crippen LogP contribution in [0, 0.1) is 0 Å². The minimum absolute atomic E-state index is 0.232. The standard InChI is InChI=1S/C18H23NO3.C2H6/c1-4-12-7-6-8-13-14-9-10-22-18(5-2,11-15(20)21-3)17(14)19-16(12)13;1-2/h6-8,19H,4-5,9-11H2,1-3H3;1-2H3. The van der Waals surface area contributed by atoms with Gasteiger partial charge in [-0.3, -0.25) is 4.79 Å². The summed E-state index contributed by atoms with van der Waals surface area (Å²) in [5.41, 5.74) is 4.24. The molecule has 0 radical (unpaired) electrons. The summed E-state index contributed by atoms with van der Waals surface area (Å²) in [6, 6.07) is 6.42. The first kappa shape index (κ1) is 18.5. The lowest BCUT2D eigenvalue weighted by atomic mass is 9.86. The number of ether oxygens (including phenoxy) is 2. The smallest absolute Gasteiger partial charge is 0.308 e. The van der Waals surface area contributed by atoms with Gasteiger partial charge in [-0.2, -0.15) is 0 Å². The predicted octanol–water partition coefficient (Wildman–Crippen LogP) is 4.50. The van der Waals surface area contributed by atoms with Crippen molar-refractivity contribution in [1.29, 1.82) is 0 Å². The normalized spacial score (nSPS) is 19.4. The molecular formula is C20H29NO3. The molecule has 1 aliphatic heterocycles. The van der Waals surface area contributed by atoms with E-state index in [1.54, 1.807) is 0 Å². The van der Waals surface area contributed by atoms with Gasteiger partial charge in [0, 0.05) is 10.9 Å². The van der Waals surface area contributed by atoms with Crippen molar-refractivity contribution >= 4 is 16.9 Å². The van der Waals surface area contributed by atoms with Gasteiger partial charge in [0.1, 0.15) is 5.60 Å². The van der Waals surface area contributed by atoms with Crippen LogP contribution in [0.2, 0.25) is 0 Å².